The van der Waals surface area contributed by atoms with Gasteiger partial charge in [0.1, 0.15) is 0 Å². The maximum Gasteiger partial charge on any atom is 0.0588 e. The maximum atomic E-state index is 6.18. The van der Waals surface area contributed by atoms with E-state index < -0.39 is 0 Å². The van der Waals surface area contributed by atoms with Crippen molar-refractivity contribution in [2.45, 2.75) is 25.3 Å². The van der Waals surface area contributed by atoms with Crippen molar-refractivity contribution in [2.75, 3.05) is 7.11 Å². The molecule has 1 aromatic carbocycles. The smallest absolute Gasteiger partial charge is 0.0588 e. The minimum Gasteiger partial charge on any atom is -0.305 e. The third-order valence-corrected chi connectivity index (χ3v) is 3.02. The van der Waals surface area contributed by atoms with Crippen molar-refractivity contribution < 1.29 is 4.84 Å². The zero-order valence-corrected chi connectivity index (χ0v) is 8.97. The van der Waals surface area contributed by atoms with Crippen molar-refractivity contribution >= 4 is 11.6 Å². The molecule has 0 amide bonds. The largest absolute Gasteiger partial charge is 0.305 e. The van der Waals surface area contributed by atoms with Crippen LogP contribution in [0.15, 0.2) is 18.2 Å². The molecule has 0 bridgehead atoms. The average molecular weight is 212 g/mol. The molecule has 1 unspecified atom stereocenters. The van der Waals surface area contributed by atoms with E-state index in [0.717, 1.165) is 17.9 Å². The molecule has 0 radical (unpaired) electrons. The molecule has 1 atom stereocenters. The van der Waals surface area contributed by atoms with Crippen LogP contribution >= 0.6 is 11.6 Å². The van der Waals surface area contributed by atoms with E-state index in [0.29, 0.717) is 0 Å². The summed E-state index contributed by atoms with van der Waals surface area (Å²) in [6.07, 6.45) is 3.40. The minimum atomic E-state index is 0.248. The van der Waals surface area contributed by atoms with Gasteiger partial charge in [-0.15, -0.1) is 0 Å². The molecule has 0 fully saturated rings. The first-order valence-corrected chi connectivity index (χ1v) is 5.26. The predicted molar refractivity (Wildman–Crippen MR) is 57.3 cm³/mol. The van der Waals surface area contributed by atoms with Crippen molar-refractivity contribution in [3.63, 3.8) is 0 Å². The van der Waals surface area contributed by atoms with Gasteiger partial charge < -0.3 is 4.84 Å². The molecule has 2 rings (SSSR count). The summed E-state index contributed by atoms with van der Waals surface area (Å²) in [6, 6.07) is 6.34. The van der Waals surface area contributed by atoms with Gasteiger partial charge in [-0.1, -0.05) is 23.7 Å². The van der Waals surface area contributed by atoms with Gasteiger partial charge in [-0.05, 0) is 36.5 Å². The van der Waals surface area contributed by atoms with E-state index in [-0.39, 0.29) is 6.04 Å². The first-order chi connectivity index (χ1) is 6.83. The van der Waals surface area contributed by atoms with Crippen molar-refractivity contribution in [1.82, 2.24) is 5.48 Å². The summed E-state index contributed by atoms with van der Waals surface area (Å²) >= 11 is 6.18. The van der Waals surface area contributed by atoms with Crippen molar-refractivity contribution in [2.24, 2.45) is 0 Å². The zero-order chi connectivity index (χ0) is 9.97. The first kappa shape index (κ1) is 9.97. The fourth-order valence-corrected chi connectivity index (χ4v) is 2.42. The van der Waals surface area contributed by atoms with E-state index >= 15 is 0 Å². The third kappa shape index (κ3) is 1.78. The van der Waals surface area contributed by atoms with Crippen LogP contribution in [-0.2, 0) is 11.3 Å². The van der Waals surface area contributed by atoms with Gasteiger partial charge in [-0.2, -0.15) is 5.48 Å². The average Bonchev–Trinajstić information content (AvgIpc) is 2.19. The number of aryl methyl sites for hydroxylation is 1. The molecule has 0 heterocycles. The molecular weight excluding hydrogens is 198 g/mol. The van der Waals surface area contributed by atoms with Crippen LogP contribution in [0.3, 0.4) is 0 Å². The summed E-state index contributed by atoms with van der Waals surface area (Å²) in [5, 5.41) is 0.844. The van der Waals surface area contributed by atoms with Crippen LogP contribution in [0.5, 0.6) is 0 Å². The van der Waals surface area contributed by atoms with Crippen LogP contribution in [0, 0.1) is 0 Å². The number of hydrogen-bond acceptors (Lipinski definition) is 2. The Hall–Kier alpha value is -0.570. The highest BCUT2D eigenvalue weighted by Crippen LogP contribution is 2.34. The van der Waals surface area contributed by atoms with Gasteiger partial charge in [0.05, 0.1) is 13.2 Å². The van der Waals surface area contributed by atoms with Gasteiger partial charge in [0, 0.05) is 5.02 Å². The lowest BCUT2D eigenvalue weighted by Crippen LogP contribution is -2.24. The highest BCUT2D eigenvalue weighted by Gasteiger charge is 2.22. The quantitative estimate of drug-likeness (QED) is 0.760. The summed E-state index contributed by atoms with van der Waals surface area (Å²) in [4.78, 5) is 4.98. The minimum absolute atomic E-state index is 0.248. The molecule has 1 aliphatic rings. The van der Waals surface area contributed by atoms with E-state index in [1.54, 1.807) is 7.11 Å². The lowest BCUT2D eigenvalue weighted by Gasteiger charge is -2.26. The molecule has 1 N–H and O–H groups in total. The molecule has 1 aromatic rings. The third-order valence-electron chi connectivity index (χ3n) is 2.69. The predicted octanol–water partition coefficient (Wildman–Crippen LogP) is 2.87. The maximum absolute atomic E-state index is 6.18. The second-order valence-electron chi connectivity index (χ2n) is 3.58. The van der Waals surface area contributed by atoms with Gasteiger partial charge in [-0.3, -0.25) is 0 Å². The van der Waals surface area contributed by atoms with Crippen LogP contribution in [0.2, 0.25) is 5.02 Å². The molecular formula is C11H14ClNO. The van der Waals surface area contributed by atoms with Gasteiger partial charge in [0.2, 0.25) is 0 Å². The van der Waals surface area contributed by atoms with Crippen LogP contribution in [-0.4, -0.2) is 7.11 Å². The Morgan fingerprint density at radius 2 is 2.36 bits per heavy atom. The lowest BCUT2D eigenvalue weighted by molar-refractivity contribution is 0.0551. The highest BCUT2D eigenvalue weighted by molar-refractivity contribution is 6.31. The van der Waals surface area contributed by atoms with E-state index in [9.17, 15) is 0 Å². The van der Waals surface area contributed by atoms with Gasteiger partial charge >= 0.3 is 0 Å². The number of benzene rings is 1. The summed E-state index contributed by atoms with van der Waals surface area (Å²) in [6.45, 7) is 0. The summed E-state index contributed by atoms with van der Waals surface area (Å²) in [5.41, 5.74) is 5.55. The van der Waals surface area contributed by atoms with Crippen LogP contribution in [0.25, 0.3) is 0 Å². The number of halogens is 1. The fraction of sp³-hybridized carbons (Fsp3) is 0.455. The first-order valence-electron chi connectivity index (χ1n) is 4.88. The normalized spacial score (nSPS) is 20.6. The van der Waals surface area contributed by atoms with E-state index in [4.69, 9.17) is 16.4 Å². The van der Waals surface area contributed by atoms with Gasteiger partial charge in [0.15, 0.2) is 0 Å². The molecule has 0 aliphatic heterocycles. The topological polar surface area (TPSA) is 21.3 Å². The Morgan fingerprint density at radius 3 is 3.14 bits per heavy atom. The van der Waals surface area contributed by atoms with E-state index in [2.05, 4.69) is 11.5 Å². The Balaban J connectivity index is 2.36. The molecule has 1 aliphatic carbocycles. The van der Waals surface area contributed by atoms with Crippen LogP contribution < -0.4 is 5.48 Å². The molecule has 2 nitrogen and oxygen atoms in total. The van der Waals surface area contributed by atoms with E-state index in [1.165, 1.54) is 17.5 Å². The van der Waals surface area contributed by atoms with Crippen LogP contribution in [0.1, 0.15) is 30.0 Å². The summed E-state index contributed by atoms with van der Waals surface area (Å²) in [7, 11) is 1.64. The molecule has 3 heteroatoms. The molecule has 76 valence electrons. The number of rotatable bonds is 2. The number of hydrogen-bond donors (Lipinski definition) is 1. The van der Waals surface area contributed by atoms with Crippen molar-refractivity contribution in [1.29, 1.82) is 0 Å². The Bertz CT molecular complexity index is 327. The lowest BCUT2D eigenvalue weighted by atomic mass is 9.88. The highest BCUT2D eigenvalue weighted by atomic mass is 35.5. The number of hydroxylamine groups is 1. The summed E-state index contributed by atoms with van der Waals surface area (Å²) < 4.78 is 0. The fourth-order valence-electron chi connectivity index (χ4n) is 2.09. The second-order valence-corrected chi connectivity index (χ2v) is 3.99. The Kier molecular flexibility index (Phi) is 3.06. The second kappa shape index (κ2) is 4.30. The Morgan fingerprint density at radius 1 is 1.50 bits per heavy atom. The number of fused-ring (bicyclic) bond motifs is 1. The summed E-state index contributed by atoms with van der Waals surface area (Å²) in [5.74, 6) is 0. The van der Waals surface area contributed by atoms with Crippen LogP contribution in [0.4, 0.5) is 0 Å². The van der Waals surface area contributed by atoms with Gasteiger partial charge in [-0.25, -0.2) is 0 Å². The number of nitrogens with one attached hydrogen (secondary N) is 1. The molecule has 14 heavy (non-hydrogen) atoms. The molecule has 0 spiro atoms. The van der Waals surface area contributed by atoms with Crippen molar-refractivity contribution in [3.8, 4) is 0 Å². The van der Waals surface area contributed by atoms with Gasteiger partial charge in [0.25, 0.3) is 0 Å². The molecule has 0 aromatic heterocycles. The standard InChI is InChI=1S/C11H14ClNO/c1-14-13-10-7-3-5-8-4-2-6-9(12)11(8)10/h2,4,6,10,13H,3,5,7H2,1H3. The molecule has 0 saturated carbocycles. The van der Waals surface area contributed by atoms with E-state index in [1.807, 2.05) is 12.1 Å². The SMILES string of the molecule is CONC1CCCc2cccc(Cl)c21. The molecule has 0 saturated heterocycles. The Labute approximate surface area is 89.2 Å². The zero-order valence-electron chi connectivity index (χ0n) is 8.22. The van der Waals surface area contributed by atoms with Crippen molar-refractivity contribution in [3.05, 3.63) is 34.3 Å². The monoisotopic (exact) mass is 211 g/mol.